The molecule has 1 aromatic carbocycles. The second kappa shape index (κ2) is 6.51. The predicted octanol–water partition coefficient (Wildman–Crippen LogP) is 5.46. The maximum atomic E-state index is 6.19. The van der Waals surface area contributed by atoms with Crippen molar-refractivity contribution < 1.29 is 9.47 Å². The van der Waals surface area contributed by atoms with E-state index in [1.165, 1.54) is 0 Å². The van der Waals surface area contributed by atoms with Gasteiger partial charge >= 0.3 is 0 Å². The Bertz CT molecular complexity index is 419. The molecule has 0 fully saturated rings. The van der Waals surface area contributed by atoms with Crippen molar-refractivity contribution in [1.82, 2.24) is 0 Å². The normalized spacial score (nSPS) is 12.6. The molecule has 1 aromatic rings. The van der Waals surface area contributed by atoms with Crippen molar-refractivity contribution >= 4 is 0 Å². The Morgan fingerprint density at radius 3 is 1.90 bits per heavy atom. The van der Waals surface area contributed by atoms with E-state index in [9.17, 15) is 0 Å². The third-order valence-corrected chi connectivity index (χ3v) is 3.85. The first-order valence-electron chi connectivity index (χ1n) is 7.65. The van der Waals surface area contributed by atoms with Crippen molar-refractivity contribution in [2.45, 2.75) is 72.5 Å². The highest BCUT2D eigenvalue weighted by Gasteiger charge is 2.27. The number of para-hydroxylation sites is 2. The smallest absolute Gasteiger partial charge is 0.162 e. The van der Waals surface area contributed by atoms with E-state index in [-0.39, 0.29) is 11.2 Å². The van der Waals surface area contributed by atoms with Crippen LogP contribution in [0.15, 0.2) is 24.3 Å². The van der Waals surface area contributed by atoms with E-state index in [2.05, 4.69) is 48.5 Å². The number of hydrogen-bond acceptors (Lipinski definition) is 2. The van der Waals surface area contributed by atoms with Gasteiger partial charge in [0, 0.05) is 0 Å². The van der Waals surface area contributed by atoms with Crippen molar-refractivity contribution in [3.63, 3.8) is 0 Å². The van der Waals surface area contributed by atoms with Gasteiger partial charge in [-0.25, -0.2) is 0 Å². The molecule has 0 aliphatic rings. The summed E-state index contributed by atoms with van der Waals surface area (Å²) in [6.45, 7) is 15.0. The topological polar surface area (TPSA) is 18.5 Å². The van der Waals surface area contributed by atoms with E-state index < -0.39 is 0 Å². The second-order valence-corrected chi connectivity index (χ2v) is 6.92. The van der Waals surface area contributed by atoms with E-state index in [1.807, 2.05) is 24.3 Å². The summed E-state index contributed by atoms with van der Waals surface area (Å²) in [4.78, 5) is 0. The Balaban J connectivity index is 2.94. The molecule has 0 bridgehead atoms. The van der Waals surface area contributed by atoms with Crippen LogP contribution < -0.4 is 9.47 Å². The lowest BCUT2D eigenvalue weighted by molar-refractivity contribution is 0.0442. The maximum absolute atomic E-state index is 6.19. The van der Waals surface area contributed by atoms with Gasteiger partial charge in [-0.05, 0) is 52.2 Å². The van der Waals surface area contributed by atoms with E-state index in [1.54, 1.807) is 0 Å². The molecular formula is C18H30O2. The summed E-state index contributed by atoms with van der Waals surface area (Å²) < 4.78 is 12.4. The highest BCUT2D eigenvalue weighted by Crippen LogP contribution is 2.35. The van der Waals surface area contributed by atoms with Crippen molar-refractivity contribution in [3.8, 4) is 11.5 Å². The summed E-state index contributed by atoms with van der Waals surface area (Å²) in [5, 5.41) is 0. The molecule has 114 valence electrons. The minimum absolute atomic E-state index is 0.170. The molecule has 0 aromatic heterocycles. The fourth-order valence-corrected chi connectivity index (χ4v) is 1.97. The van der Waals surface area contributed by atoms with Gasteiger partial charge in [0.1, 0.15) is 11.2 Å². The fraction of sp³-hybridized carbons (Fsp3) is 0.667. The average molecular weight is 278 g/mol. The van der Waals surface area contributed by atoms with Gasteiger partial charge in [-0.1, -0.05) is 39.3 Å². The largest absolute Gasteiger partial charge is 0.484 e. The molecule has 0 amide bonds. The van der Waals surface area contributed by atoms with Crippen LogP contribution in [0, 0.1) is 5.92 Å². The molecule has 0 N–H and O–H groups in total. The van der Waals surface area contributed by atoms with Crippen LogP contribution >= 0.6 is 0 Å². The number of ether oxygens (including phenoxy) is 2. The molecule has 20 heavy (non-hydrogen) atoms. The predicted molar refractivity (Wildman–Crippen MR) is 85.6 cm³/mol. The molecule has 2 heteroatoms. The van der Waals surface area contributed by atoms with Crippen LogP contribution in [0.1, 0.15) is 61.3 Å². The molecule has 0 radical (unpaired) electrons. The molecule has 0 saturated carbocycles. The minimum Gasteiger partial charge on any atom is -0.484 e. The van der Waals surface area contributed by atoms with Crippen molar-refractivity contribution in [2.24, 2.45) is 5.92 Å². The maximum Gasteiger partial charge on any atom is 0.162 e. The number of hydrogen-bond donors (Lipinski definition) is 0. The van der Waals surface area contributed by atoms with Gasteiger partial charge in [0.15, 0.2) is 11.5 Å². The highest BCUT2D eigenvalue weighted by molar-refractivity contribution is 5.40. The summed E-state index contributed by atoms with van der Waals surface area (Å²) in [5.74, 6) is 2.09. The molecule has 0 atom stereocenters. The molecule has 0 unspecified atom stereocenters. The van der Waals surface area contributed by atoms with Gasteiger partial charge in [-0.3, -0.25) is 0 Å². The van der Waals surface area contributed by atoms with Gasteiger partial charge in [0.05, 0.1) is 0 Å². The van der Waals surface area contributed by atoms with Gasteiger partial charge in [-0.15, -0.1) is 0 Å². The molecule has 2 nitrogen and oxygen atoms in total. The Labute approximate surface area is 124 Å². The van der Waals surface area contributed by atoms with Crippen LogP contribution in [0.25, 0.3) is 0 Å². The lowest BCUT2D eigenvalue weighted by atomic mass is 9.94. The monoisotopic (exact) mass is 278 g/mol. The minimum atomic E-state index is -0.214. The van der Waals surface area contributed by atoms with Gasteiger partial charge < -0.3 is 9.47 Å². The van der Waals surface area contributed by atoms with Crippen molar-refractivity contribution in [1.29, 1.82) is 0 Å². The standard InChI is InChI=1S/C18H30O2/c1-8-13-17(4,5)19-15-11-9-10-12-16(15)20-18(6,7)14(2)3/h9-12,14H,8,13H2,1-7H3. The summed E-state index contributed by atoms with van der Waals surface area (Å²) in [6.07, 6.45) is 2.13. The summed E-state index contributed by atoms with van der Waals surface area (Å²) in [5.41, 5.74) is -0.384. The lowest BCUT2D eigenvalue weighted by Crippen LogP contribution is -2.35. The molecule has 1 rings (SSSR count). The molecule has 0 saturated heterocycles. The zero-order valence-electron chi connectivity index (χ0n) is 14.1. The Morgan fingerprint density at radius 1 is 0.950 bits per heavy atom. The zero-order chi connectivity index (χ0) is 15.4. The molecule has 0 heterocycles. The molecule has 0 aliphatic heterocycles. The fourth-order valence-electron chi connectivity index (χ4n) is 1.97. The third-order valence-electron chi connectivity index (χ3n) is 3.85. The number of benzene rings is 1. The van der Waals surface area contributed by atoms with Crippen molar-refractivity contribution in [2.75, 3.05) is 0 Å². The van der Waals surface area contributed by atoms with E-state index in [0.29, 0.717) is 5.92 Å². The molecule has 0 aliphatic carbocycles. The Hall–Kier alpha value is -1.18. The summed E-state index contributed by atoms with van der Waals surface area (Å²) in [7, 11) is 0. The van der Waals surface area contributed by atoms with Crippen LogP contribution in [-0.4, -0.2) is 11.2 Å². The van der Waals surface area contributed by atoms with Gasteiger partial charge in [-0.2, -0.15) is 0 Å². The second-order valence-electron chi connectivity index (χ2n) is 6.92. The SMILES string of the molecule is CCCC(C)(C)Oc1ccccc1OC(C)(C)C(C)C. The first-order valence-corrected chi connectivity index (χ1v) is 7.65. The average Bonchev–Trinajstić information content (AvgIpc) is 2.30. The van der Waals surface area contributed by atoms with Crippen LogP contribution in [0.3, 0.4) is 0 Å². The van der Waals surface area contributed by atoms with E-state index in [0.717, 1.165) is 24.3 Å². The quantitative estimate of drug-likeness (QED) is 0.659. The van der Waals surface area contributed by atoms with Crippen LogP contribution in [0.2, 0.25) is 0 Å². The van der Waals surface area contributed by atoms with Gasteiger partial charge in [0.25, 0.3) is 0 Å². The van der Waals surface area contributed by atoms with Gasteiger partial charge in [0.2, 0.25) is 0 Å². The first kappa shape index (κ1) is 16.9. The first-order chi connectivity index (χ1) is 9.18. The van der Waals surface area contributed by atoms with Crippen molar-refractivity contribution in [3.05, 3.63) is 24.3 Å². The molecular weight excluding hydrogens is 248 g/mol. The number of rotatable bonds is 7. The third kappa shape index (κ3) is 4.73. The summed E-state index contributed by atoms with van der Waals surface area (Å²) in [6, 6.07) is 7.96. The summed E-state index contributed by atoms with van der Waals surface area (Å²) >= 11 is 0. The van der Waals surface area contributed by atoms with Crippen LogP contribution in [0.4, 0.5) is 0 Å². The van der Waals surface area contributed by atoms with Crippen LogP contribution in [0.5, 0.6) is 11.5 Å². The molecule has 0 spiro atoms. The Kier molecular flexibility index (Phi) is 5.50. The zero-order valence-corrected chi connectivity index (χ0v) is 14.1. The Morgan fingerprint density at radius 2 is 1.45 bits per heavy atom. The van der Waals surface area contributed by atoms with E-state index >= 15 is 0 Å². The van der Waals surface area contributed by atoms with Crippen LogP contribution in [-0.2, 0) is 0 Å². The highest BCUT2D eigenvalue weighted by atomic mass is 16.5. The lowest BCUT2D eigenvalue weighted by Gasteiger charge is -2.33. The van der Waals surface area contributed by atoms with E-state index in [4.69, 9.17) is 9.47 Å².